The Hall–Kier alpha value is -1.35. The highest BCUT2D eigenvalue weighted by Gasteiger charge is 2.25. The van der Waals surface area contributed by atoms with E-state index in [9.17, 15) is 4.79 Å². The van der Waals surface area contributed by atoms with Crippen LogP contribution in [0.5, 0.6) is 0 Å². The molecule has 104 valence electrons. The second-order valence-electron chi connectivity index (χ2n) is 5.36. The Morgan fingerprint density at radius 2 is 1.68 bits per heavy atom. The van der Waals surface area contributed by atoms with E-state index < -0.39 is 0 Å². The molecule has 1 aliphatic heterocycles. The molecule has 1 heterocycles. The topological polar surface area (TPSA) is 23.6 Å². The molecule has 0 bridgehead atoms. The summed E-state index contributed by atoms with van der Waals surface area (Å²) in [4.78, 5) is 16.6. The maximum atomic E-state index is 12.5. The van der Waals surface area contributed by atoms with Crippen molar-refractivity contribution in [3.8, 4) is 0 Å². The second kappa shape index (κ2) is 6.71. The van der Waals surface area contributed by atoms with E-state index in [1.165, 1.54) is 25.7 Å². The van der Waals surface area contributed by atoms with Crippen LogP contribution < -0.4 is 4.90 Å². The number of hydrogen-bond donors (Lipinski definition) is 0. The van der Waals surface area contributed by atoms with Crippen molar-refractivity contribution in [2.75, 3.05) is 25.0 Å². The Balaban J connectivity index is 2.01. The van der Waals surface area contributed by atoms with Crippen LogP contribution in [0.25, 0.3) is 0 Å². The van der Waals surface area contributed by atoms with E-state index in [-0.39, 0.29) is 11.9 Å². The van der Waals surface area contributed by atoms with Gasteiger partial charge in [-0.2, -0.15) is 0 Å². The first-order chi connectivity index (χ1) is 9.20. The van der Waals surface area contributed by atoms with Crippen LogP contribution in [0.1, 0.15) is 32.6 Å². The summed E-state index contributed by atoms with van der Waals surface area (Å²) in [6.45, 7) is 4.14. The summed E-state index contributed by atoms with van der Waals surface area (Å²) in [5, 5.41) is 0. The summed E-state index contributed by atoms with van der Waals surface area (Å²) in [6, 6.07) is 9.84. The molecule has 3 nitrogen and oxygen atoms in total. The average Bonchev–Trinajstić information content (AvgIpc) is 2.75. The number of rotatable bonds is 3. The number of anilines is 1. The minimum Gasteiger partial charge on any atom is -0.314 e. The molecule has 0 radical (unpaired) electrons. The molecule has 1 aliphatic rings. The molecule has 0 N–H and O–H groups in total. The number of carbonyl (C=O) groups excluding carboxylic acids is 1. The van der Waals surface area contributed by atoms with E-state index >= 15 is 0 Å². The molecular formula is C16H24N2O. The van der Waals surface area contributed by atoms with Gasteiger partial charge >= 0.3 is 0 Å². The number of hydrogen-bond acceptors (Lipinski definition) is 2. The molecule has 1 saturated heterocycles. The molecule has 19 heavy (non-hydrogen) atoms. The molecule has 1 atom stereocenters. The molecule has 0 spiro atoms. The van der Waals surface area contributed by atoms with Crippen LogP contribution >= 0.6 is 0 Å². The number of likely N-dealkylation sites (N-methyl/N-ethyl adjacent to an activating group) is 1. The molecule has 0 saturated carbocycles. The largest absolute Gasteiger partial charge is 0.314 e. The van der Waals surface area contributed by atoms with E-state index in [0.717, 1.165) is 18.8 Å². The number of carbonyl (C=O) groups is 1. The monoisotopic (exact) mass is 260 g/mol. The zero-order valence-corrected chi connectivity index (χ0v) is 12.0. The van der Waals surface area contributed by atoms with Crippen molar-refractivity contribution in [3.63, 3.8) is 0 Å². The van der Waals surface area contributed by atoms with Crippen molar-refractivity contribution >= 4 is 11.6 Å². The molecular weight excluding hydrogens is 236 g/mol. The zero-order valence-electron chi connectivity index (χ0n) is 12.0. The third kappa shape index (κ3) is 3.57. The predicted octanol–water partition coefficient (Wildman–Crippen LogP) is 2.91. The fourth-order valence-electron chi connectivity index (χ4n) is 2.70. The molecule has 1 fully saturated rings. The average molecular weight is 260 g/mol. The van der Waals surface area contributed by atoms with Crippen LogP contribution in [-0.2, 0) is 4.79 Å². The first-order valence-corrected chi connectivity index (χ1v) is 7.27. The fourth-order valence-corrected chi connectivity index (χ4v) is 2.70. The normalized spacial score (nSPS) is 18.6. The Bertz CT molecular complexity index is 396. The van der Waals surface area contributed by atoms with E-state index in [1.54, 1.807) is 4.90 Å². The van der Waals surface area contributed by atoms with Gasteiger partial charge in [-0.05, 0) is 45.0 Å². The summed E-state index contributed by atoms with van der Waals surface area (Å²) in [5.74, 6) is 0.188. The SMILES string of the molecule is CC(C(=O)N(C)c1ccccc1)N1CCCCCC1. The quantitative estimate of drug-likeness (QED) is 0.834. The van der Waals surface area contributed by atoms with Gasteiger partial charge in [0.15, 0.2) is 0 Å². The lowest BCUT2D eigenvalue weighted by Gasteiger charge is -2.30. The molecule has 1 aromatic carbocycles. The van der Waals surface area contributed by atoms with Crippen molar-refractivity contribution < 1.29 is 4.79 Å². The Morgan fingerprint density at radius 1 is 1.11 bits per heavy atom. The molecule has 2 rings (SSSR count). The number of likely N-dealkylation sites (tertiary alicyclic amines) is 1. The lowest BCUT2D eigenvalue weighted by molar-refractivity contribution is -0.123. The maximum absolute atomic E-state index is 12.5. The summed E-state index contributed by atoms with van der Waals surface area (Å²) in [6.07, 6.45) is 5.03. The van der Waals surface area contributed by atoms with Crippen LogP contribution in [0.2, 0.25) is 0 Å². The van der Waals surface area contributed by atoms with E-state index in [0.29, 0.717) is 0 Å². The number of amides is 1. The third-order valence-electron chi connectivity index (χ3n) is 4.02. The Labute approximate surface area is 116 Å². The summed E-state index contributed by atoms with van der Waals surface area (Å²) >= 11 is 0. The van der Waals surface area contributed by atoms with Crippen molar-refractivity contribution in [2.24, 2.45) is 0 Å². The standard InChI is InChI=1S/C16H24N2O/c1-14(18-12-8-3-4-9-13-18)16(19)17(2)15-10-6-5-7-11-15/h5-7,10-11,14H,3-4,8-9,12-13H2,1-2H3. The van der Waals surface area contributed by atoms with Crippen molar-refractivity contribution in [3.05, 3.63) is 30.3 Å². The first-order valence-electron chi connectivity index (χ1n) is 7.27. The lowest BCUT2D eigenvalue weighted by Crippen LogP contribution is -2.46. The van der Waals surface area contributed by atoms with E-state index in [4.69, 9.17) is 0 Å². The van der Waals surface area contributed by atoms with Gasteiger partial charge in [-0.15, -0.1) is 0 Å². The minimum absolute atomic E-state index is 0.0247. The minimum atomic E-state index is -0.0247. The fraction of sp³-hybridized carbons (Fsp3) is 0.562. The van der Waals surface area contributed by atoms with Gasteiger partial charge in [-0.1, -0.05) is 31.0 Å². The van der Waals surface area contributed by atoms with Crippen LogP contribution in [0.15, 0.2) is 30.3 Å². The van der Waals surface area contributed by atoms with Gasteiger partial charge < -0.3 is 4.90 Å². The molecule has 1 amide bonds. The third-order valence-corrected chi connectivity index (χ3v) is 4.02. The Morgan fingerprint density at radius 3 is 2.26 bits per heavy atom. The molecule has 3 heteroatoms. The Kier molecular flexibility index (Phi) is 4.97. The summed E-state index contributed by atoms with van der Waals surface area (Å²) in [5.41, 5.74) is 0.967. The van der Waals surface area contributed by atoms with Gasteiger partial charge in [0.05, 0.1) is 6.04 Å². The van der Waals surface area contributed by atoms with Crippen molar-refractivity contribution in [2.45, 2.75) is 38.6 Å². The highest BCUT2D eigenvalue weighted by atomic mass is 16.2. The van der Waals surface area contributed by atoms with Crippen LogP contribution in [-0.4, -0.2) is 37.0 Å². The van der Waals surface area contributed by atoms with Gasteiger partial charge in [-0.3, -0.25) is 9.69 Å². The van der Waals surface area contributed by atoms with Gasteiger partial charge in [0.2, 0.25) is 5.91 Å². The van der Waals surface area contributed by atoms with Gasteiger partial charge in [-0.25, -0.2) is 0 Å². The zero-order chi connectivity index (χ0) is 13.7. The molecule has 1 unspecified atom stereocenters. The number of nitrogens with zero attached hydrogens (tertiary/aromatic N) is 2. The lowest BCUT2D eigenvalue weighted by atomic mass is 10.2. The van der Waals surface area contributed by atoms with Crippen LogP contribution in [0.3, 0.4) is 0 Å². The van der Waals surface area contributed by atoms with Gasteiger partial charge in [0, 0.05) is 12.7 Å². The number of benzene rings is 1. The predicted molar refractivity (Wildman–Crippen MR) is 79.4 cm³/mol. The summed E-state index contributed by atoms with van der Waals surface area (Å²) in [7, 11) is 1.87. The van der Waals surface area contributed by atoms with Crippen LogP contribution in [0.4, 0.5) is 5.69 Å². The van der Waals surface area contributed by atoms with Gasteiger partial charge in [0.1, 0.15) is 0 Å². The van der Waals surface area contributed by atoms with E-state index in [1.807, 2.05) is 44.3 Å². The number of para-hydroxylation sites is 1. The molecule has 1 aromatic rings. The summed E-state index contributed by atoms with van der Waals surface area (Å²) < 4.78 is 0. The van der Waals surface area contributed by atoms with E-state index in [2.05, 4.69) is 4.90 Å². The first kappa shape index (κ1) is 14.1. The van der Waals surface area contributed by atoms with Crippen molar-refractivity contribution in [1.82, 2.24) is 4.90 Å². The smallest absolute Gasteiger partial charge is 0.243 e. The van der Waals surface area contributed by atoms with Crippen LogP contribution in [0, 0.1) is 0 Å². The highest BCUT2D eigenvalue weighted by Crippen LogP contribution is 2.17. The molecule has 0 aliphatic carbocycles. The maximum Gasteiger partial charge on any atom is 0.243 e. The highest BCUT2D eigenvalue weighted by molar-refractivity contribution is 5.96. The molecule has 0 aromatic heterocycles. The van der Waals surface area contributed by atoms with Gasteiger partial charge in [0.25, 0.3) is 0 Å². The van der Waals surface area contributed by atoms with Crippen molar-refractivity contribution in [1.29, 1.82) is 0 Å². The second-order valence-corrected chi connectivity index (χ2v) is 5.36.